The summed E-state index contributed by atoms with van der Waals surface area (Å²) >= 11 is 0. The summed E-state index contributed by atoms with van der Waals surface area (Å²) in [5, 5.41) is 7.31. The molecule has 5 nitrogen and oxygen atoms in total. The predicted molar refractivity (Wildman–Crippen MR) is 67.1 cm³/mol. The van der Waals surface area contributed by atoms with Crippen molar-refractivity contribution in [2.24, 2.45) is 0 Å². The first-order chi connectivity index (χ1) is 8.63. The third-order valence-corrected chi connectivity index (χ3v) is 2.52. The van der Waals surface area contributed by atoms with Gasteiger partial charge in [-0.1, -0.05) is 24.9 Å². The highest BCUT2D eigenvalue weighted by Crippen LogP contribution is 2.23. The minimum atomic E-state index is -0.252. The molecular weight excluding hydrogens is 230 g/mol. The zero-order valence-corrected chi connectivity index (χ0v) is 10.2. The highest BCUT2D eigenvalue weighted by Gasteiger charge is 2.15. The Morgan fingerprint density at radius 1 is 1.61 bits per heavy atom. The molecule has 0 atom stereocenters. The Morgan fingerprint density at radius 2 is 2.39 bits per heavy atom. The maximum absolute atomic E-state index is 11.8. The van der Waals surface area contributed by atoms with E-state index in [1.807, 2.05) is 13.8 Å². The molecule has 0 aliphatic carbocycles. The van der Waals surface area contributed by atoms with E-state index in [1.165, 1.54) is 6.20 Å². The van der Waals surface area contributed by atoms with Gasteiger partial charge < -0.3 is 9.84 Å². The molecule has 0 saturated heterocycles. The molecule has 2 aromatic heterocycles. The fourth-order valence-electron chi connectivity index (χ4n) is 1.62. The lowest BCUT2D eigenvalue weighted by Crippen LogP contribution is -2.23. The van der Waals surface area contributed by atoms with Gasteiger partial charge in [-0.3, -0.25) is 4.79 Å². The first-order valence-corrected chi connectivity index (χ1v) is 5.60. The van der Waals surface area contributed by atoms with Crippen molar-refractivity contribution in [2.45, 2.75) is 19.8 Å². The van der Waals surface area contributed by atoms with Gasteiger partial charge in [0.1, 0.15) is 0 Å². The third kappa shape index (κ3) is 2.18. The Kier molecular flexibility index (Phi) is 3.28. The van der Waals surface area contributed by atoms with E-state index in [2.05, 4.69) is 21.4 Å². The normalized spacial score (nSPS) is 10.6. The van der Waals surface area contributed by atoms with Crippen LogP contribution in [-0.2, 0) is 0 Å². The summed E-state index contributed by atoms with van der Waals surface area (Å²) in [6, 6.07) is 1.72. The second-order valence-corrected chi connectivity index (χ2v) is 4.19. The van der Waals surface area contributed by atoms with Crippen LogP contribution in [0.1, 0.15) is 35.8 Å². The summed E-state index contributed by atoms with van der Waals surface area (Å²) < 4.78 is 5.10. The van der Waals surface area contributed by atoms with Crippen LogP contribution in [0.15, 0.2) is 16.8 Å². The van der Waals surface area contributed by atoms with Crippen molar-refractivity contribution in [1.82, 2.24) is 15.5 Å². The number of nitrogens with one attached hydrogen (secondary N) is 1. The number of amides is 1. The van der Waals surface area contributed by atoms with Gasteiger partial charge in [-0.05, 0) is 12.0 Å². The third-order valence-electron chi connectivity index (χ3n) is 2.52. The SMILES string of the molecule is C#CCNC(=O)c1cnc2onc(C(C)C)c2c1. The van der Waals surface area contributed by atoms with Crippen molar-refractivity contribution in [1.29, 1.82) is 0 Å². The molecule has 2 aromatic rings. The number of nitrogens with zero attached hydrogens (tertiary/aromatic N) is 2. The summed E-state index contributed by atoms with van der Waals surface area (Å²) in [6.07, 6.45) is 6.54. The van der Waals surface area contributed by atoms with Gasteiger partial charge >= 0.3 is 0 Å². The minimum Gasteiger partial charge on any atom is -0.341 e. The quantitative estimate of drug-likeness (QED) is 0.833. The van der Waals surface area contributed by atoms with Crippen LogP contribution in [0.5, 0.6) is 0 Å². The number of terminal acetylenes is 1. The van der Waals surface area contributed by atoms with Gasteiger partial charge in [-0.25, -0.2) is 4.98 Å². The molecule has 1 amide bonds. The minimum absolute atomic E-state index is 0.192. The van der Waals surface area contributed by atoms with Crippen LogP contribution in [0.3, 0.4) is 0 Å². The molecule has 5 heteroatoms. The first-order valence-electron chi connectivity index (χ1n) is 5.60. The number of hydrogen-bond acceptors (Lipinski definition) is 4. The van der Waals surface area contributed by atoms with E-state index in [0.717, 1.165) is 11.1 Å². The number of carbonyl (C=O) groups excluding carboxylic acids is 1. The number of rotatable bonds is 3. The van der Waals surface area contributed by atoms with Crippen LogP contribution >= 0.6 is 0 Å². The number of fused-ring (bicyclic) bond motifs is 1. The summed E-state index contributed by atoms with van der Waals surface area (Å²) in [4.78, 5) is 15.8. The molecular formula is C13H13N3O2. The smallest absolute Gasteiger partial charge is 0.257 e. The van der Waals surface area contributed by atoms with Crippen molar-refractivity contribution < 1.29 is 9.32 Å². The fourth-order valence-corrected chi connectivity index (χ4v) is 1.62. The van der Waals surface area contributed by atoms with E-state index in [4.69, 9.17) is 10.9 Å². The Morgan fingerprint density at radius 3 is 3.06 bits per heavy atom. The number of pyridine rings is 1. The molecule has 92 valence electrons. The van der Waals surface area contributed by atoms with E-state index < -0.39 is 0 Å². The Balaban J connectivity index is 2.40. The van der Waals surface area contributed by atoms with Crippen molar-refractivity contribution in [3.8, 4) is 12.3 Å². The van der Waals surface area contributed by atoms with E-state index in [1.54, 1.807) is 6.07 Å². The van der Waals surface area contributed by atoms with Crippen LogP contribution in [0.4, 0.5) is 0 Å². The topological polar surface area (TPSA) is 68.0 Å². The lowest BCUT2D eigenvalue weighted by atomic mass is 10.1. The van der Waals surface area contributed by atoms with E-state index >= 15 is 0 Å². The van der Waals surface area contributed by atoms with E-state index in [0.29, 0.717) is 11.3 Å². The molecule has 0 radical (unpaired) electrons. The molecule has 2 heterocycles. The summed E-state index contributed by atoms with van der Waals surface area (Å²) in [7, 11) is 0. The van der Waals surface area contributed by atoms with Gasteiger partial charge in [0, 0.05) is 6.20 Å². The van der Waals surface area contributed by atoms with E-state index in [9.17, 15) is 4.79 Å². The standard InChI is InChI=1S/C13H13N3O2/c1-4-5-14-12(17)9-6-10-11(8(2)3)16-18-13(10)15-7-9/h1,6-8H,5H2,2-3H3,(H,14,17). The molecule has 0 saturated carbocycles. The van der Waals surface area contributed by atoms with Crippen LogP contribution in [0, 0.1) is 12.3 Å². The van der Waals surface area contributed by atoms with Gasteiger partial charge in [-0.15, -0.1) is 6.42 Å². The Hall–Kier alpha value is -2.35. The Labute approximate surface area is 105 Å². The predicted octanol–water partition coefficient (Wildman–Crippen LogP) is 1.71. The zero-order valence-electron chi connectivity index (χ0n) is 10.2. The van der Waals surface area contributed by atoms with Gasteiger partial charge in [0.2, 0.25) is 0 Å². The maximum Gasteiger partial charge on any atom is 0.257 e. The monoisotopic (exact) mass is 243 g/mol. The Bertz CT molecular complexity index is 623. The van der Waals surface area contributed by atoms with Gasteiger partial charge in [-0.2, -0.15) is 0 Å². The molecule has 0 spiro atoms. The molecule has 0 bridgehead atoms. The van der Waals surface area contributed by atoms with Gasteiger partial charge in [0.25, 0.3) is 11.6 Å². The highest BCUT2D eigenvalue weighted by atomic mass is 16.5. The fraction of sp³-hybridized carbons (Fsp3) is 0.308. The zero-order chi connectivity index (χ0) is 13.1. The summed E-state index contributed by atoms with van der Waals surface area (Å²) in [5.74, 6) is 2.30. The number of hydrogen-bond donors (Lipinski definition) is 1. The lowest BCUT2D eigenvalue weighted by molar-refractivity contribution is 0.0958. The highest BCUT2D eigenvalue weighted by molar-refractivity contribution is 5.97. The van der Waals surface area contributed by atoms with Crippen molar-refractivity contribution in [3.63, 3.8) is 0 Å². The van der Waals surface area contributed by atoms with Crippen molar-refractivity contribution in [3.05, 3.63) is 23.5 Å². The number of aromatic nitrogens is 2. The summed E-state index contributed by atoms with van der Waals surface area (Å²) in [6.45, 7) is 4.20. The molecule has 0 fully saturated rings. The molecule has 18 heavy (non-hydrogen) atoms. The van der Waals surface area contributed by atoms with Crippen LogP contribution in [0.2, 0.25) is 0 Å². The van der Waals surface area contributed by atoms with Gasteiger partial charge in [0.05, 0.1) is 23.2 Å². The first kappa shape index (κ1) is 12.1. The molecule has 1 N–H and O–H groups in total. The van der Waals surface area contributed by atoms with Crippen molar-refractivity contribution >= 4 is 17.0 Å². The molecule has 0 unspecified atom stereocenters. The van der Waals surface area contributed by atoms with Gasteiger partial charge in [0.15, 0.2) is 0 Å². The van der Waals surface area contributed by atoms with Crippen LogP contribution in [-0.4, -0.2) is 22.6 Å². The molecule has 0 aliphatic heterocycles. The summed E-state index contributed by atoms with van der Waals surface area (Å²) in [5.41, 5.74) is 1.68. The number of carbonyl (C=O) groups is 1. The van der Waals surface area contributed by atoms with Crippen LogP contribution < -0.4 is 5.32 Å². The largest absolute Gasteiger partial charge is 0.341 e. The van der Waals surface area contributed by atoms with Crippen molar-refractivity contribution in [2.75, 3.05) is 6.54 Å². The van der Waals surface area contributed by atoms with E-state index in [-0.39, 0.29) is 18.4 Å². The molecule has 2 rings (SSSR count). The average molecular weight is 243 g/mol. The second-order valence-electron chi connectivity index (χ2n) is 4.19. The molecule has 0 aromatic carbocycles. The lowest BCUT2D eigenvalue weighted by Gasteiger charge is -2.02. The molecule has 0 aliphatic rings. The van der Waals surface area contributed by atoms with Crippen LogP contribution in [0.25, 0.3) is 11.1 Å². The average Bonchev–Trinajstić information content (AvgIpc) is 2.78. The second kappa shape index (κ2) is 4.88. The maximum atomic E-state index is 11.8.